The molecule has 16 heavy (non-hydrogen) atoms. The minimum absolute atomic E-state index is 0.0481. The summed E-state index contributed by atoms with van der Waals surface area (Å²) in [6.07, 6.45) is 0.788. The fraction of sp³-hybridized carbons (Fsp3) is 0.800. The zero-order valence-corrected chi connectivity index (χ0v) is 9.35. The normalized spacial score (nSPS) is 24.5. The molecule has 2 amide bonds. The van der Waals surface area contributed by atoms with Gasteiger partial charge >= 0.3 is 12.0 Å². The first-order valence-corrected chi connectivity index (χ1v) is 5.43. The summed E-state index contributed by atoms with van der Waals surface area (Å²) in [4.78, 5) is 23.5. The topological polar surface area (TPSA) is 89.9 Å². The summed E-state index contributed by atoms with van der Waals surface area (Å²) >= 11 is 0. The lowest BCUT2D eigenvalue weighted by molar-refractivity contribution is -0.136. The van der Waals surface area contributed by atoms with E-state index in [0.717, 1.165) is 6.42 Å². The van der Waals surface area contributed by atoms with Crippen molar-refractivity contribution < 1.29 is 19.8 Å². The van der Waals surface area contributed by atoms with Crippen molar-refractivity contribution in [2.45, 2.75) is 25.8 Å². The van der Waals surface area contributed by atoms with Gasteiger partial charge in [0.15, 0.2) is 0 Å². The molecule has 1 heterocycles. The Bertz CT molecular complexity index is 270. The number of hydrogen-bond donors (Lipinski definition) is 3. The predicted molar refractivity (Wildman–Crippen MR) is 57.0 cm³/mol. The summed E-state index contributed by atoms with van der Waals surface area (Å²) in [6.45, 7) is 2.68. The van der Waals surface area contributed by atoms with E-state index in [0.29, 0.717) is 6.54 Å². The van der Waals surface area contributed by atoms with E-state index >= 15 is 0 Å². The summed E-state index contributed by atoms with van der Waals surface area (Å²) in [5, 5.41) is 20.1. The van der Waals surface area contributed by atoms with Gasteiger partial charge in [0.1, 0.15) is 0 Å². The van der Waals surface area contributed by atoms with E-state index < -0.39 is 5.97 Å². The monoisotopic (exact) mass is 230 g/mol. The summed E-state index contributed by atoms with van der Waals surface area (Å²) in [5.74, 6) is -0.649. The number of carbonyl (C=O) groups excluding carboxylic acids is 1. The third kappa shape index (κ3) is 3.10. The highest BCUT2D eigenvalue weighted by atomic mass is 16.4. The number of carboxylic acids is 1. The molecule has 0 aromatic heterocycles. The molecule has 1 aliphatic rings. The van der Waals surface area contributed by atoms with E-state index in [1.165, 1.54) is 0 Å². The Balaban J connectivity index is 2.38. The Morgan fingerprint density at radius 3 is 2.75 bits per heavy atom. The number of carboxylic acid groups (broad SMARTS) is 1. The first kappa shape index (κ1) is 12.8. The lowest BCUT2D eigenvalue weighted by Gasteiger charge is -2.25. The van der Waals surface area contributed by atoms with Crippen LogP contribution in [-0.2, 0) is 4.79 Å². The molecule has 92 valence electrons. The smallest absolute Gasteiger partial charge is 0.317 e. The first-order chi connectivity index (χ1) is 7.56. The van der Waals surface area contributed by atoms with Gasteiger partial charge in [0, 0.05) is 13.1 Å². The molecular formula is C10H18N2O4. The van der Waals surface area contributed by atoms with Crippen LogP contribution in [0.5, 0.6) is 0 Å². The third-order valence-electron chi connectivity index (χ3n) is 2.95. The molecule has 0 radical (unpaired) electrons. The molecule has 1 fully saturated rings. The van der Waals surface area contributed by atoms with Gasteiger partial charge < -0.3 is 20.4 Å². The van der Waals surface area contributed by atoms with Gasteiger partial charge in [-0.3, -0.25) is 4.79 Å². The van der Waals surface area contributed by atoms with E-state index in [2.05, 4.69) is 5.32 Å². The number of aliphatic carboxylic acids is 1. The Labute approximate surface area is 94.2 Å². The van der Waals surface area contributed by atoms with Gasteiger partial charge in [0.05, 0.1) is 19.1 Å². The van der Waals surface area contributed by atoms with Crippen LogP contribution in [0.3, 0.4) is 0 Å². The number of nitrogens with zero attached hydrogens (tertiary/aromatic N) is 1. The van der Waals surface area contributed by atoms with Crippen LogP contribution in [0.15, 0.2) is 0 Å². The van der Waals surface area contributed by atoms with Gasteiger partial charge in [0.2, 0.25) is 0 Å². The lowest BCUT2D eigenvalue weighted by Crippen LogP contribution is -2.46. The fourth-order valence-electron chi connectivity index (χ4n) is 1.92. The van der Waals surface area contributed by atoms with E-state index in [9.17, 15) is 9.59 Å². The molecule has 6 heteroatoms. The van der Waals surface area contributed by atoms with Crippen LogP contribution in [0.4, 0.5) is 4.79 Å². The van der Waals surface area contributed by atoms with Crippen molar-refractivity contribution in [3.8, 4) is 0 Å². The highest BCUT2D eigenvalue weighted by Crippen LogP contribution is 2.23. The molecule has 1 saturated heterocycles. The summed E-state index contributed by atoms with van der Waals surface area (Å²) in [6, 6.07) is -0.436. The maximum Gasteiger partial charge on any atom is 0.317 e. The third-order valence-corrected chi connectivity index (χ3v) is 2.95. The second-order valence-electron chi connectivity index (χ2n) is 4.08. The number of nitrogens with one attached hydrogen (secondary N) is 1. The number of urea groups is 1. The maximum absolute atomic E-state index is 11.7. The Morgan fingerprint density at radius 1 is 1.50 bits per heavy atom. The van der Waals surface area contributed by atoms with Crippen LogP contribution in [0.1, 0.15) is 19.8 Å². The summed E-state index contributed by atoms with van der Waals surface area (Å²) < 4.78 is 0. The number of aliphatic hydroxyl groups is 1. The second-order valence-corrected chi connectivity index (χ2v) is 4.08. The van der Waals surface area contributed by atoms with Crippen molar-refractivity contribution in [2.75, 3.05) is 19.7 Å². The van der Waals surface area contributed by atoms with Crippen LogP contribution in [0.2, 0.25) is 0 Å². The highest BCUT2D eigenvalue weighted by molar-refractivity contribution is 5.75. The molecular weight excluding hydrogens is 212 g/mol. The molecule has 2 unspecified atom stereocenters. The Morgan fingerprint density at radius 2 is 2.19 bits per heavy atom. The number of likely N-dealkylation sites (tertiary alicyclic amines) is 1. The van der Waals surface area contributed by atoms with E-state index in [-0.39, 0.29) is 37.6 Å². The van der Waals surface area contributed by atoms with Crippen LogP contribution >= 0.6 is 0 Å². The van der Waals surface area contributed by atoms with Crippen LogP contribution in [0, 0.1) is 5.92 Å². The predicted octanol–water partition coefficient (Wildman–Crippen LogP) is -0.127. The van der Waals surface area contributed by atoms with Gasteiger partial charge in [-0.1, -0.05) is 6.92 Å². The molecule has 6 nitrogen and oxygen atoms in total. The zero-order valence-electron chi connectivity index (χ0n) is 9.35. The highest BCUT2D eigenvalue weighted by Gasteiger charge is 2.33. The first-order valence-electron chi connectivity index (χ1n) is 5.43. The Kier molecular flexibility index (Phi) is 4.54. The van der Waals surface area contributed by atoms with Gasteiger partial charge in [-0.15, -0.1) is 0 Å². The summed E-state index contributed by atoms with van der Waals surface area (Å²) in [7, 11) is 0. The van der Waals surface area contributed by atoms with Crippen molar-refractivity contribution in [3.05, 3.63) is 0 Å². The van der Waals surface area contributed by atoms with Crippen LogP contribution in [0.25, 0.3) is 0 Å². The van der Waals surface area contributed by atoms with E-state index in [1.54, 1.807) is 4.90 Å². The maximum atomic E-state index is 11.7. The van der Waals surface area contributed by atoms with Crippen molar-refractivity contribution >= 4 is 12.0 Å². The lowest BCUT2D eigenvalue weighted by atomic mass is 10.0. The molecule has 0 aromatic rings. The van der Waals surface area contributed by atoms with Gasteiger partial charge in [-0.25, -0.2) is 4.79 Å². The Hall–Kier alpha value is -1.30. The summed E-state index contributed by atoms with van der Waals surface area (Å²) in [5.41, 5.74) is 0. The van der Waals surface area contributed by atoms with Gasteiger partial charge in [-0.05, 0) is 12.3 Å². The molecule has 0 bridgehead atoms. The van der Waals surface area contributed by atoms with E-state index in [1.807, 2.05) is 6.92 Å². The largest absolute Gasteiger partial charge is 0.481 e. The number of hydrogen-bond acceptors (Lipinski definition) is 3. The molecule has 0 aliphatic carbocycles. The fourth-order valence-corrected chi connectivity index (χ4v) is 1.92. The number of amides is 2. The SMILES string of the molecule is CC1CCN(C(=O)NCCC(=O)O)C1CO. The number of rotatable bonds is 4. The quantitative estimate of drug-likeness (QED) is 0.627. The van der Waals surface area contributed by atoms with Crippen molar-refractivity contribution in [1.82, 2.24) is 10.2 Å². The minimum atomic E-state index is -0.936. The van der Waals surface area contributed by atoms with Crippen molar-refractivity contribution in [3.63, 3.8) is 0 Å². The molecule has 1 rings (SSSR count). The van der Waals surface area contributed by atoms with Crippen molar-refractivity contribution in [2.24, 2.45) is 5.92 Å². The number of aliphatic hydroxyl groups excluding tert-OH is 1. The van der Waals surface area contributed by atoms with Crippen LogP contribution < -0.4 is 5.32 Å². The van der Waals surface area contributed by atoms with Crippen LogP contribution in [-0.4, -0.2) is 52.9 Å². The molecule has 3 N–H and O–H groups in total. The van der Waals surface area contributed by atoms with E-state index in [4.69, 9.17) is 10.2 Å². The molecule has 2 atom stereocenters. The minimum Gasteiger partial charge on any atom is -0.481 e. The standard InChI is InChI=1S/C10H18N2O4/c1-7-3-5-12(8(7)6-13)10(16)11-4-2-9(14)15/h7-8,13H,2-6H2,1H3,(H,11,16)(H,14,15). The van der Waals surface area contributed by atoms with Gasteiger partial charge in [-0.2, -0.15) is 0 Å². The second kappa shape index (κ2) is 5.69. The zero-order chi connectivity index (χ0) is 12.1. The van der Waals surface area contributed by atoms with Gasteiger partial charge in [0.25, 0.3) is 0 Å². The van der Waals surface area contributed by atoms with Crippen molar-refractivity contribution in [1.29, 1.82) is 0 Å². The average molecular weight is 230 g/mol. The average Bonchev–Trinajstić information content (AvgIpc) is 2.58. The molecule has 0 saturated carbocycles. The molecule has 0 aromatic carbocycles. The molecule has 0 spiro atoms. The number of carbonyl (C=O) groups is 2. The molecule has 1 aliphatic heterocycles.